The van der Waals surface area contributed by atoms with Crippen molar-refractivity contribution in [1.29, 1.82) is 0 Å². The van der Waals surface area contributed by atoms with Gasteiger partial charge in [0, 0.05) is 44.4 Å². The van der Waals surface area contributed by atoms with Crippen LogP contribution in [0, 0.1) is 0 Å². The number of nitrogens with one attached hydrogen (secondary N) is 1. The summed E-state index contributed by atoms with van der Waals surface area (Å²) in [6.07, 6.45) is 0. The Bertz CT molecular complexity index is 244. The number of carbonyl (C=O) groups is 1. The predicted octanol–water partition coefficient (Wildman–Crippen LogP) is -0.793. The summed E-state index contributed by atoms with van der Waals surface area (Å²) >= 11 is 1.78. The Labute approximate surface area is 112 Å². The van der Waals surface area contributed by atoms with Gasteiger partial charge in [-0.1, -0.05) is 0 Å². The van der Waals surface area contributed by atoms with Crippen LogP contribution in [0.1, 0.15) is 0 Å². The van der Waals surface area contributed by atoms with Crippen LogP contribution in [0.3, 0.4) is 0 Å². The summed E-state index contributed by atoms with van der Waals surface area (Å²) in [7, 11) is 0. The van der Waals surface area contributed by atoms with Crippen molar-refractivity contribution < 1.29 is 9.90 Å². The molecule has 17 heavy (non-hydrogen) atoms. The first kappa shape index (κ1) is 15.0. The molecule has 0 aromatic carbocycles. The minimum Gasteiger partial charge on any atom is -0.395 e. The van der Waals surface area contributed by atoms with E-state index in [0.29, 0.717) is 0 Å². The second kappa shape index (κ2) is 7.43. The summed E-state index contributed by atoms with van der Waals surface area (Å²) in [5.41, 5.74) is 0. The van der Waals surface area contributed by atoms with E-state index in [1.54, 1.807) is 11.8 Å². The van der Waals surface area contributed by atoms with E-state index in [1.165, 1.54) is 0 Å². The number of halogens is 1. The summed E-state index contributed by atoms with van der Waals surface area (Å²) in [6, 6.07) is 0.0226. The molecule has 7 heteroatoms. The fraction of sp³-hybridized carbons (Fsp3) is 0.900. The number of amides is 1. The monoisotopic (exact) mass is 281 g/mol. The molecule has 0 spiro atoms. The van der Waals surface area contributed by atoms with Crippen molar-refractivity contribution in [3.63, 3.8) is 0 Å². The lowest BCUT2D eigenvalue weighted by Crippen LogP contribution is -2.53. The Kier molecular flexibility index (Phi) is 6.58. The maximum absolute atomic E-state index is 12.0. The van der Waals surface area contributed by atoms with Gasteiger partial charge in [0.25, 0.3) is 0 Å². The molecule has 0 saturated carbocycles. The number of β-amino-alcohol motifs (C(OH)–C–C–N with tert-alkyl or cyclic N) is 1. The molecular weight excluding hydrogens is 262 g/mol. The van der Waals surface area contributed by atoms with Crippen molar-refractivity contribution in [1.82, 2.24) is 15.1 Å². The molecule has 1 unspecified atom stereocenters. The lowest BCUT2D eigenvalue weighted by molar-refractivity contribution is -0.134. The minimum absolute atomic E-state index is 0. The van der Waals surface area contributed by atoms with Gasteiger partial charge in [-0.2, -0.15) is 0 Å². The summed E-state index contributed by atoms with van der Waals surface area (Å²) in [4.78, 5) is 16.2. The highest BCUT2D eigenvalue weighted by atomic mass is 35.5. The first-order valence-corrected chi connectivity index (χ1v) is 6.90. The predicted molar refractivity (Wildman–Crippen MR) is 71.6 cm³/mol. The van der Waals surface area contributed by atoms with Crippen LogP contribution in [-0.4, -0.2) is 77.8 Å². The molecule has 5 nitrogen and oxygen atoms in total. The van der Waals surface area contributed by atoms with Crippen LogP contribution in [0.5, 0.6) is 0 Å². The van der Waals surface area contributed by atoms with Gasteiger partial charge in [-0.15, -0.1) is 24.2 Å². The minimum atomic E-state index is 0. The van der Waals surface area contributed by atoms with Crippen LogP contribution in [0.25, 0.3) is 0 Å². The van der Waals surface area contributed by atoms with E-state index in [2.05, 4.69) is 10.2 Å². The third-order valence-electron chi connectivity index (χ3n) is 3.11. The van der Waals surface area contributed by atoms with Gasteiger partial charge in [-0.25, -0.2) is 0 Å². The fourth-order valence-corrected chi connectivity index (χ4v) is 3.04. The topological polar surface area (TPSA) is 55.8 Å². The Hall–Kier alpha value is -0.0100. The number of piperazine rings is 1. The van der Waals surface area contributed by atoms with Crippen molar-refractivity contribution in [3.05, 3.63) is 0 Å². The number of rotatable bonds is 3. The molecule has 2 heterocycles. The van der Waals surface area contributed by atoms with Crippen molar-refractivity contribution in [2.75, 3.05) is 51.0 Å². The highest BCUT2D eigenvalue weighted by Crippen LogP contribution is 2.13. The van der Waals surface area contributed by atoms with Crippen molar-refractivity contribution in [2.24, 2.45) is 0 Å². The standard InChI is InChI=1S/C10H19N3O2S.ClH/c14-6-5-12-1-3-13(4-2-12)10(15)9-7-16-8-11-9;/h9,11,14H,1-8H2;1H. The van der Waals surface area contributed by atoms with E-state index < -0.39 is 0 Å². The Morgan fingerprint density at radius 3 is 2.59 bits per heavy atom. The van der Waals surface area contributed by atoms with E-state index in [0.717, 1.165) is 44.4 Å². The number of carbonyl (C=O) groups excluding carboxylic acids is 1. The molecule has 2 fully saturated rings. The molecule has 1 atom stereocenters. The zero-order valence-electron chi connectivity index (χ0n) is 9.80. The number of thioether (sulfide) groups is 1. The average Bonchev–Trinajstić information content (AvgIpc) is 2.83. The zero-order chi connectivity index (χ0) is 11.4. The second-order valence-corrected chi connectivity index (χ2v) is 5.19. The zero-order valence-corrected chi connectivity index (χ0v) is 11.4. The molecule has 0 aromatic rings. The van der Waals surface area contributed by atoms with Gasteiger partial charge in [0.05, 0.1) is 12.6 Å². The van der Waals surface area contributed by atoms with Crippen LogP contribution in [0.15, 0.2) is 0 Å². The summed E-state index contributed by atoms with van der Waals surface area (Å²) in [6.45, 7) is 4.27. The van der Waals surface area contributed by atoms with Crippen molar-refractivity contribution >= 4 is 30.1 Å². The van der Waals surface area contributed by atoms with E-state index in [4.69, 9.17) is 5.11 Å². The summed E-state index contributed by atoms with van der Waals surface area (Å²) < 4.78 is 0. The van der Waals surface area contributed by atoms with Gasteiger partial charge in [-0.05, 0) is 0 Å². The normalized spacial score (nSPS) is 25.7. The molecular formula is C10H20ClN3O2S. The van der Waals surface area contributed by atoms with E-state index in [1.807, 2.05) is 4.90 Å². The van der Waals surface area contributed by atoms with Gasteiger partial charge in [0.1, 0.15) is 0 Å². The SMILES string of the molecule is Cl.O=C(C1CSCN1)N1CCN(CCO)CC1. The van der Waals surface area contributed by atoms with Crippen molar-refractivity contribution in [3.8, 4) is 0 Å². The summed E-state index contributed by atoms with van der Waals surface area (Å²) in [5.74, 6) is 2.03. The van der Waals surface area contributed by atoms with Gasteiger partial charge in [-0.3, -0.25) is 15.0 Å². The molecule has 1 amide bonds. The van der Waals surface area contributed by atoms with Crippen LogP contribution in [0.4, 0.5) is 0 Å². The average molecular weight is 282 g/mol. The fourth-order valence-electron chi connectivity index (χ4n) is 2.11. The maximum atomic E-state index is 12.0. The van der Waals surface area contributed by atoms with Crippen LogP contribution in [-0.2, 0) is 4.79 Å². The molecule has 100 valence electrons. The number of hydrogen-bond donors (Lipinski definition) is 2. The molecule has 2 saturated heterocycles. The van der Waals surface area contributed by atoms with Gasteiger partial charge in [0.2, 0.25) is 5.91 Å². The summed E-state index contributed by atoms with van der Waals surface area (Å²) in [5, 5.41) is 12.0. The largest absolute Gasteiger partial charge is 0.395 e. The lowest BCUT2D eigenvalue weighted by atomic mass is 10.2. The van der Waals surface area contributed by atoms with Gasteiger partial charge < -0.3 is 10.0 Å². The van der Waals surface area contributed by atoms with Gasteiger partial charge in [0.15, 0.2) is 0 Å². The molecule has 2 N–H and O–H groups in total. The highest BCUT2D eigenvalue weighted by Gasteiger charge is 2.29. The molecule has 2 aliphatic rings. The molecule has 2 aliphatic heterocycles. The van der Waals surface area contributed by atoms with E-state index in [9.17, 15) is 4.79 Å². The van der Waals surface area contributed by atoms with Crippen LogP contribution in [0.2, 0.25) is 0 Å². The number of aliphatic hydroxyl groups excluding tert-OH is 1. The Morgan fingerprint density at radius 1 is 1.35 bits per heavy atom. The molecule has 0 bridgehead atoms. The molecule has 2 rings (SSSR count). The van der Waals surface area contributed by atoms with Gasteiger partial charge >= 0.3 is 0 Å². The third-order valence-corrected chi connectivity index (χ3v) is 4.05. The Balaban J connectivity index is 0.00000144. The second-order valence-electron chi connectivity index (χ2n) is 4.16. The third kappa shape index (κ3) is 3.99. The number of aliphatic hydroxyl groups is 1. The molecule has 0 radical (unpaired) electrons. The first-order chi connectivity index (χ1) is 7.81. The van der Waals surface area contributed by atoms with Crippen LogP contribution < -0.4 is 5.32 Å². The number of hydrogen-bond acceptors (Lipinski definition) is 5. The highest BCUT2D eigenvalue weighted by molar-refractivity contribution is 7.99. The quantitative estimate of drug-likeness (QED) is 0.710. The molecule has 0 aliphatic carbocycles. The lowest BCUT2D eigenvalue weighted by Gasteiger charge is -2.35. The van der Waals surface area contributed by atoms with E-state index in [-0.39, 0.29) is 31.0 Å². The van der Waals surface area contributed by atoms with Crippen LogP contribution >= 0.6 is 24.2 Å². The Morgan fingerprint density at radius 2 is 2.06 bits per heavy atom. The van der Waals surface area contributed by atoms with E-state index >= 15 is 0 Å². The molecule has 0 aromatic heterocycles. The first-order valence-electron chi connectivity index (χ1n) is 5.74. The van der Waals surface area contributed by atoms with Crippen molar-refractivity contribution in [2.45, 2.75) is 6.04 Å². The smallest absolute Gasteiger partial charge is 0.240 e. The maximum Gasteiger partial charge on any atom is 0.240 e. The number of nitrogens with zero attached hydrogens (tertiary/aromatic N) is 2.